The smallest absolute Gasteiger partial charge is 0.0691 e. The molecule has 0 unspecified atom stereocenters. The van der Waals surface area contributed by atoms with Gasteiger partial charge in [0, 0.05) is 0 Å². The van der Waals surface area contributed by atoms with Crippen molar-refractivity contribution in [1.29, 1.82) is 0 Å². The average molecular weight is 103 g/mol. The van der Waals surface area contributed by atoms with Crippen LogP contribution >= 0.6 is 11.6 Å². The summed E-state index contributed by atoms with van der Waals surface area (Å²) in [7, 11) is 0. The fourth-order valence-electron chi connectivity index (χ4n) is 0.0962. The third-order valence-electron chi connectivity index (χ3n) is 0.450. The minimum absolute atomic E-state index is 0.0648. The second-order valence-corrected chi connectivity index (χ2v) is 1.42. The van der Waals surface area contributed by atoms with E-state index in [-0.39, 0.29) is 5.38 Å². The molecule has 0 saturated heterocycles. The van der Waals surface area contributed by atoms with Crippen LogP contribution in [0, 0.1) is 0 Å². The zero-order chi connectivity index (χ0) is 4.99. The molecule has 0 nitrogen and oxygen atoms in total. The molecule has 34 valence electrons. The van der Waals surface area contributed by atoms with E-state index >= 15 is 0 Å². The molecule has 0 aliphatic rings. The molecule has 0 heterocycles. The van der Waals surface area contributed by atoms with Crippen molar-refractivity contribution in [3.05, 3.63) is 25.3 Å². The van der Waals surface area contributed by atoms with Crippen molar-refractivity contribution < 1.29 is 0 Å². The Morgan fingerprint density at radius 1 is 1.33 bits per heavy atom. The molecule has 0 radical (unpaired) electrons. The van der Waals surface area contributed by atoms with Gasteiger partial charge in [-0.3, -0.25) is 0 Å². The molecule has 0 spiro atoms. The van der Waals surface area contributed by atoms with Gasteiger partial charge in [0.1, 0.15) is 0 Å². The Kier molecular flexibility index (Phi) is 2.87. The molecule has 0 bridgehead atoms. The first-order valence-electron chi connectivity index (χ1n) is 1.70. The van der Waals surface area contributed by atoms with Crippen molar-refractivity contribution in [2.24, 2.45) is 0 Å². The Morgan fingerprint density at radius 2 is 1.67 bits per heavy atom. The van der Waals surface area contributed by atoms with Crippen LogP contribution in [-0.4, -0.2) is 5.38 Å². The SMILES string of the molecule is C=CC(Cl)C=C. The molecule has 0 rings (SSSR count). The van der Waals surface area contributed by atoms with Crippen LogP contribution in [0.4, 0.5) is 0 Å². The second kappa shape index (κ2) is 2.98. The van der Waals surface area contributed by atoms with Gasteiger partial charge in [-0.05, 0) is 0 Å². The first-order chi connectivity index (χ1) is 2.81. The van der Waals surface area contributed by atoms with E-state index in [1.54, 1.807) is 12.2 Å². The quantitative estimate of drug-likeness (QED) is 0.369. The first-order valence-corrected chi connectivity index (χ1v) is 2.14. The molecule has 0 amide bonds. The molecule has 0 aliphatic carbocycles. The van der Waals surface area contributed by atoms with E-state index < -0.39 is 0 Å². The summed E-state index contributed by atoms with van der Waals surface area (Å²) in [5, 5.41) is -0.0648. The highest BCUT2D eigenvalue weighted by atomic mass is 35.5. The largest absolute Gasteiger partial charge is 0.114 e. The Morgan fingerprint density at radius 3 is 1.67 bits per heavy atom. The molecule has 0 fully saturated rings. The molecule has 0 N–H and O–H groups in total. The molecular weight excluding hydrogens is 95.5 g/mol. The van der Waals surface area contributed by atoms with Crippen LogP contribution in [0.3, 0.4) is 0 Å². The minimum Gasteiger partial charge on any atom is -0.114 e. The molecule has 0 aromatic carbocycles. The summed E-state index contributed by atoms with van der Waals surface area (Å²) >= 11 is 5.41. The Labute approximate surface area is 43.1 Å². The normalized spacial score (nSPS) is 8.33. The number of rotatable bonds is 2. The van der Waals surface area contributed by atoms with E-state index in [2.05, 4.69) is 13.2 Å². The minimum atomic E-state index is -0.0648. The monoisotopic (exact) mass is 102 g/mol. The highest BCUT2D eigenvalue weighted by molar-refractivity contribution is 6.22. The van der Waals surface area contributed by atoms with E-state index in [4.69, 9.17) is 11.6 Å². The van der Waals surface area contributed by atoms with Gasteiger partial charge in [-0.2, -0.15) is 0 Å². The predicted octanol–water partition coefficient (Wildman–Crippen LogP) is 1.97. The number of hydrogen-bond acceptors (Lipinski definition) is 0. The molecule has 1 heteroatoms. The zero-order valence-corrected chi connectivity index (χ0v) is 4.28. The van der Waals surface area contributed by atoms with Crippen molar-refractivity contribution in [1.82, 2.24) is 0 Å². The summed E-state index contributed by atoms with van der Waals surface area (Å²) in [5.41, 5.74) is 0. The average Bonchev–Trinajstić information content (AvgIpc) is 1.65. The van der Waals surface area contributed by atoms with Crippen molar-refractivity contribution in [3.8, 4) is 0 Å². The van der Waals surface area contributed by atoms with Gasteiger partial charge in [0.25, 0.3) is 0 Å². The molecule has 0 aliphatic heterocycles. The van der Waals surface area contributed by atoms with Crippen LogP contribution in [0.5, 0.6) is 0 Å². The van der Waals surface area contributed by atoms with E-state index in [1.807, 2.05) is 0 Å². The van der Waals surface area contributed by atoms with Crippen LogP contribution in [0.15, 0.2) is 25.3 Å². The fraction of sp³-hybridized carbons (Fsp3) is 0.200. The molecule has 0 aromatic rings. The van der Waals surface area contributed by atoms with Crippen molar-refractivity contribution in [3.63, 3.8) is 0 Å². The zero-order valence-electron chi connectivity index (χ0n) is 3.52. The summed E-state index contributed by atoms with van der Waals surface area (Å²) in [6, 6.07) is 0. The maximum absolute atomic E-state index is 5.41. The lowest BCUT2D eigenvalue weighted by Gasteiger charge is -1.85. The molecule has 6 heavy (non-hydrogen) atoms. The third-order valence-corrected chi connectivity index (χ3v) is 0.807. The van der Waals surface area contributed by atoms with Gasteiger partial charge in [0.05, 0.1) is 5.38 Å². The Balaban J connectivity index is 3.21. The second-order valence-electron chi connectivity index (χ2n) is 0.916. The molecule has 0 atom stereocenters. The van der Waals surface area contributed by atoms with Gasteiger partial charge in [0.2, 0.25) is 0 Å². The molecule has 0 saturated carbocycles. The van der Waals surface area contributed by atoms with E-state index in [0.29, 0.717) is 0 Å². The predicted molar refractivity (Wildman–Crippen MR) is 30.0 cm³/mol. The van der Waals surface area contributed by atoms with E-state index in [0.717, 1.165) is 0 Å². The highest BCUT2D eigenvalue weighted by Gasteiger charge is 1.82. The van der Waals surface area contributed by atoms with E-state index in [9.17, 15) is 0 Å². The summed E-state index contributed by atoms with van der Waals surface area (Å²) in [5.74, 6) is 0. The van der Waals surface area contributed by atoms with Crippen molar-refractivity contribution >= 4 is 11.6 Å². The van der Waals surface area contributed by atoms with Crippen molar-refractivity contribution in [2.45, 2.75) is 5.38 Å². The van der Waals surface area contributed by atoms with Gasteiger partial charge in [-0.15, -0.1) is 24.8 Å². The van der Waals surface area contributed by atoms with Gasteiger partial charge in [-0.1, -0.05) is 12.2 Å². The Bertz CT molecular complexity index is 49.0. The highest BCUT2D eigenvalue weighted by Crippen LogP contribution is 1.94. The summed E-state index contributed by atoms with van der Waals surface area (Å²) in [6.45, 7) is 6.86. The number of hydrogen-bond donors (Lipinski definition) is 0. The fourth-order valence-corrected chi connectivity index (χ4v) is 0.0962. The van der Waals surface area contributed by atoms with Gasteiger partial charge in [0.15, 0.2) is 0 Å². The van der Waals surface area contributed by atoms with Crippen LogP contribution in [0.2, 0.25) is 0 Å². The lowest BCUT2D eigenvalue weighted by molar-refractivity contribution is 1.42. The maximum atomic E-state index is 5.41. The van der Waals surface area contributed by atoms with Gasteiger partial charge in [-0.25, -0.2) is 0 Å². The van der Waals surface area contributed by atoms with Gasteiger partial charge < -0.3 is 0 Å². The first kappa shape index (κ1) is 5.77. The van der Waals surface area contributed by atoms with Crippen LogP contribution in [-0.2, 0) is 0 Å². The summed E-state index contributed by atoms with van der Waals surface area (Å²) in [4.78, 5) is 0. The van der Waals surface area contributed by atoms with Gasteiger partial charge >= 0.3 is 0 Å². The topological polar surface area (TPSA) is 0 Å². The van der Waals surface area contributed by atoms with E-state index in [1.165, 1.54) is 0 Å². The lowest BCUT2D eigenvalue weighted by atomic mass is 10.4. The van der Waals surface area contributed by atoms with Crippen LogP contribution in [0.1, 0.15) is 0 Å². The number of allylic oxidation sites excluding steroid dienone is 2. The summed E-state index contributed by atoms with van der Waals surface area (Å²) in [6.07, 6.45) is 3.24. The van der Waals surface area contributed by atoms with Crippen molar-refractivity contribution in [2.75, 3.05) is 0 Å². The third kappa shape index (κ3) is 2.04. The number of alkyl halides is 1. The molecular formula is C5H7Cl. The molecule has 0 aromatic heterocycles. The number of halogens is 1. The lowest BCUT2D eigenvalue weighted by Crippen LogP contribution is -1.79. The van der Waals surface area contributed by atoms with Crippen LogP contribution < -0.4 is 0 Å². The maximum Gasteiger partial charge on any atom is 0.0691 e. The summed E-state index contributed by atoms with van der Waals surface area (Å²) < 4.78 is 0. The van der Waals surface area contributed by atoms with Crippen LogP contribution in [0.25, 0.3) is 0 Å². The standard InChI is InChI=1S/C5H7Cl/c1-3-5(6)4-2/h3-5H,1-2H2. The Hall–Kier alpha value is -0.230.